The Kier molecular flexibility index (Phi) is 4.07. The third-order valence-electron chi connectivity index (χ3n) is 3.35. The van der Waals surface area contributed by atoms with Crippen LogP contribution in [0.25, 0.3) is 0 Å². The van der Waals surface area contributed by atoms with Crippen molar-refractivity contribution in [1.29, 1.82) is 0 Å². The van der Waals surface area contributed by atoms with E-state index in [1.807, 2.05) is 6.92 Å². The van der Waals surface area contributed by atoms with Gasteiger partial charge in [0.25, 0.3) is 0 Å². The molecule has 0 radical (unpaired) electrons. The van der Waals surface area contributed by atoms with E-state index in [-0.39, 0.29) is 5.75 Å². The van der Waals surface area contributed by atoms with E-state index in [4.69, 9.17) is 0 Å². The molecule has 0 aliphatic heterocycles. The second-order valence-corrected chi connectivity index (χ2v) is 7.19. The van der Waals surface area contributed by atoms with Gasteiger partial charge in [-0.05, 0) is 36.5 Å². The molecule has 1 aliphatic rings. The van der Waals surface area contributed by atoms with Crippen LogP contribution in [0.15, 0.2) is 29.2 Å². The van der Waals surface area contributed by atoms with Crippen molar-refractivity contribution < 1.29 is 13.5 Å². The van der Waals surface area contributed by atoms with Crippen LogP contribution < -0.4 is 0 Å². The molecule has 3 nitrogen and oxygen atoms in total. The van der Waals surface area contributed by atoms with Crippen molar-refractivity contribution in [2.24, 2.45) is 5.92 Å². The molecule has 0 heterocycles. The van der Waals surface area contributed by atoms with Gasteiger partial charge in [0.1, 0.15) is 0 Å². The zero-order valence-corrected chi connectivity index (χ0v) is 11.5. The van der Waals surface area contributed by atoms with E-state index in [2.05, 4.69) is 0 Å². The second kappa shape index (κ2) is 5.41. The monoisotopic (exact) mass is 268 g/mol. The molecule has 1 aromatic carbocycles. The summed E-state index contributed by atoms with van der Waals surface area (Å²) in [4.78, 5) is 0.353. The predicted molar refractivity (Wildman–Crippen MR) is 71.1 cm³/mol. The Morgan fingerprint density at radius 2 is 1.89 bits per heavy atom. The molecule has 1 fully saturated rings. The number of rotatable bonds is 6. The molecule has 0 aromatic heterocycles. The van der Waals surface area contributed by atoms with E-state index in [9.17, 15) is 13.5 Å². The van der Waals surface area contributed by atoms with Crippen LogP contribution in [0.1, 0.15) is 44.3 Å². The highest BCUT2D eigenvalue weighted by Gasteiger charge is 2.25. The molecule has 0 spiro atoms. The third-order valence-corrected chi connectivity index (χ3v) is 5.29. The molecule has 4 heteroatoms. The van der Waals surface area contributed by atoms with Crippen LogP contribution in [0.5, 0.6) is 0 Å². The maximum absolute atomic E-state index is 11.8. The molecule has 1 unspecified atom stereocenters. The Labute approximate surface area is 109 Å². The van der Waals surface area contributed by atoms with Gasteiger partial charge in [-0.25, -0.2) is 8.42 Å². The van der Waals surface area contributed by atoms with Gasteiger partial charge in [0, 0.05) is 0 Å². The van der Waals surface area contributed by atoms with Crippen molar-refractivity contribution in [3.8, 4) is 0 Å². The Morgan fingerprint density at radius 1 is 1.28 bits per heavy atom. The molecule has 0 saturated heterocycles. The minimum atomic E-state index is -3.15. The van der Waals surface area contributed by atoms with E-state index in [1.165, 1.54) is 12.8 Å². The summed E-state index contributed by atoms with van der Waals surface area (Å²) < 4.78 is 23.7. The Morgan fingerprint density at radius 3 is 2.39 bits per heavy atom. The summed E-state index contributed by atoms with van der Waals surface area (Å²) in [6.45, 7) is 1.85. The Hall–Kier alpha value is -0.870. The highest BCUT2D eigenvalue weighted by atomic mass is 32.2. The second-order valence-electron chi connectivity index (χ2n) is 5.08. The molecule has 18 heavy (non-hydrogen) atoms. The summed E-state index contributed by atoms with van der Waals surface area (Å²) >= 11 is 0. The average molecular weight is 268 g/mol. The molecule has 100 valence electrons. The lowest BCUT2D eigenvalue weighted by Crippen LogP contribution is -2.06. The first-order valence-corrected chi connectivity index (χ1v) is 8.19. The number of hydrogen-bond acceptors (Lipinski definition) is 3. The average Bonchev–Trinajstić information content (AvgIpc) is 3.13. The number of hydrogen-bond donors (Lipinski definition) is 1. The first-order chi connectivity index (χ1) is 8.53. The minimum Gasteiger partial charge on any atom is -0.388 e. The number of aliphatic hydroxyl groups excluding tert-OH is 1. The quantitative estimate of drug-likeness (QED) is 0.863. The first kappa shape index (κ1) is 13.6. The van der Waals surface area contributed by atoms with Crippen LogP contribution in [0.2, 0.25) is 0 Å². The lowest BCUT2D eigenvalue weighted by Gasteiger charge is -2.11. The summed E-state index contributed by atoms with van der Waals surface area (Å²) in [6, 6.07) is 6.68. The van der Waals surface area contributed by atoms with Crippen LogP contribution in [-0.4, -0.2) is 19.3 Å². The van der Waals surface area contributed by atoms with Crippen LogP contribution >= 0.6 is 0 Å². The van der Waals surface area contributed by atoms with Crippen LogP contribution in [0.4, 0.5) is 0 Å². The highest BCUT2D eigenvalue weighted by Crippen LogP contribution is 2.37. The van der Waals surface area contributed by atoms with E-state index in [0.29, 0.717) is 17.2 Å². The van der Waals surface area contributed by atoms with Crippen LogP contribution in [0.3, 0.4) is 0 Å². The van der Waals surface area contributed by atoms with Gasteiger partial charge in [-0.15, -0.1) is 0 Å². The lowest BCUT2D eigenvalue weighted by atomic mass is 10.0. The molecule has 1 aromatic rings. The largest absolute Gasteiger partial charge is 0.388 e. The maximum atomic E-state index is 11.8. The summed E-state index contributed by atoms with van der Waals surface area (Å²) in [5.74, 6) is 0.834. The summed E-state index contributed by atoms with van der Waals surface area (Å²) in [5.41, 5.74) is 0.817. The molecule has 2 rings (SSSR count). The van der Waals surface area contributed by atoms with Gasteiger partial charge in [-0.3, -0.25) is 0 Å². The van der Waals surface area contributed by atoms with Crippen molar-refractivity contribution >= 4 is 9.84 Å². The molecule has 0 bridgehead atoms. The molecular formula is C14H20O3S. The minimum absolute atomic E-state index is 0.178. The van der Waals surface area contributed by atoms with Crippen LogP contribution in [0, 0.1) is 5.92 Å². The first-order valence-electron chi connectivity index (χ1n) is 6.53. The fraction of sp³-hybridized carbons (Fsp3) is 0.571. The van der Waals surface area contributed by atoms with Crippen LogP contribution in [-0.2, 0) is 9.84 Å². The zero-order valence-electron chi connectivity index (χ0n) is 10.7. The predicted octanol–water partition coefficient (Wildman–Crippen LogP) is 2.70. The number of sulfone groups is 1. The Bertz CT molecular complexity index is 486. The standard InChI is InChI=1S/C14H20O3S/c1-2-9-18(16,17)13-7-5-12(6-8-13)14(15)10-11-3-4-11/h5-8,11,14-15H,2-4,9-10H2,1H3. The smallest absolute Gasteiger partial charge is 0.178 e. The maximum Gasteiger partial charge on any atom is 0.178 e. The summed E-state index contributed by atoms with van der Waals surface area (Å²) in [7, 11) is -3.15. The molecule has 1 saturated carbocycles. The molecule has 1 aliphatic carbocycles. The molecule has 1 N–H and O–H groups in total. The van der Waals surface area contributed by atoms with E-state index >= 15 is 0 Å². The SMILES string of the molecule is CCCS(=O)(=O)c1ccc(C(O)CC2CC2)cc1. The van der Waals surface area contributed by atoms with E-state index in [1.54, 1.807) is 24.3 Å². The topological polar surface area (TPSA) is 54.4 Å². The number of benzene rings is 1. The molecular weight excluding hydrogens is 248 g/mol. The van der Waals surface area contributed by atoms with Gasteiger partial charge in [0.2, 0.25) is 0 Å². The van der Waals surface area contributed by atoms with Gasteiger partial charge >= 0.3 is 0 Å². The Balaban J connectivity index is 2.09. The number of aliphatic hydroxyl groups is 1. The van der Waals surface area contributed by atoms with Gasteiger partial charge in [0.05, 0.1) is 16.8 Å². The van der Waals surface area contributed by atoms with Gasteiger partial charge in [0.15, 0.2) is 9.84 Å². The fourth-order valence-corrected chi connectivity index (χ4v) is 3.41. The van der Waals surface area contributed by atoms with Crippen molar-refractivity contribution in [2.75, 3.05) is 5.75 Å². The van der Waals surface area contributed by atoms with Gasteiger partial charge in [-0.1, -0.05) is 31.9 Å². The van der Waals surface area contributed by atoms with Gasteiger partial charge < -0.3 is 5.11 Å². The fourth-order valence-electron chi connectivity index (χ4n) is 2.09. The normalized spacial score (nSPS) is 17.7. The zero-order chi connectivity index (χ0) is 13.2. The van der Waals surface area contributed by atoms with Gasteiger partial charge in [-0.2, -0.15) is 0 Å². The van der Waals surface area contributed by atoms with Crippen molar-refractivity contribution in [3.05, 3.63) is 29.8 Å². The third kappa shape index (κ3) is 3.33. The summed E-state index contributed by atoms with van der Waals surface area (Å²) in [5, 5.41) is 9.98. The lowest BCUT2D eigenvalue weighted by molar-refractivity contribution is 0.160. The van der Waals surface area contributed by atoms with Crippen molar-refractivity contribution in [3.63, 3.8) is 0 Å². The highest BCUT2D eigenvalue weighted by molar-refractivity contribution is 7.91. The van der Waals surface area contributed by atoms with Crippen molar-refractivity contribution in [1.82, 2.24) is 0 Å². The van der Waals surface area contributed by atoms with E-state index < -0.39 is 15.9 Å². The van der Waals surface area contributed by atoms with E-state index in [0.717, 1.165) is 12.0 Å². The molecule has 0 amide bonds. The molecule has 1 atom stereocenters. The summed E-state index contributed by atoms with van der Waals surface area (Å²) in [6.07, 6.45) is 3.37. The van der Waals surface area contributed by atoms with Crippen molar-refractivity contribution in [2.45, 2.75) is 43.6 Å².